The second kappa shape index (κ2) is 9.29. The van der Waals surface area contributed by atoms with Crippen LogP contribution in [0.15, 0.2) is 53.5 Å². The third-order valence-electron chi connectivity index (χ3n) is 5.18. The molecule has 0 atom stereocenters. The van der Waals surface area contributed by atoms with Crippen LogP contribution in [0.1, 0.15) is 16.8 Å². The van der Waals surface area contributed by atoms with E-state index >= 15 is 0 Å². The number of carbonyl (C=O) groups excluding carboxylic acids is 1. The molecule has 0 saturated carbocycles. The Balaban J connectivity index is 1.67. The van der Waals surface area contributed by atoms with Crippen LogP contribution in [0.5, 0.6) is 5.75 Å². The van der Waals surface area contributed by atoms with Gasteiger partial charge in [-0.25, -0.2) is 0 Å². The van der Waals surface area contributed by atoms with Crippen molar-refractivity contribution in [3.8, 4) is 5.75 Å². The van der Waals surface area contributed by atoms with Crippen molar-refractivity contribution in [1.29, 1.82) is 0 Å². The highest BCUT2D eigenvalue weighted by Gasteiger charge is 2.13. The molecule has 0 saturated heterocycles. The highest BCUT2D eigenvalue weighted by molar-refractivity contribution is 7.71. The summed E-state index contributed by atoms with van der Waals surface area (Å²) in [4.78, 5) is 33.2. The molecule has 0 aliphatic carbocycles. The second-order valence-electron chi connectivity index (χ2n) is 7.16. The number of hydrogen-bond donors (Lipinski definition) is 2. The number of methoxy groups -OCH3 is 2. The molecule has 2 heterocycles. The van der Waals surface area contributed by atoms with Gasteiger partial charge in [0.25, 0.3) is 11.5 Å². The van der Waals surface area contributed by atoms with E-state index in [-0.39, 0.29) is 11.5 Å². The van der Waals surface area contributed by atoms with Gasteiger partial charge in [-0.05, 0) is 61.1 Å². The van der Waals surface area contributed by atoms with E-state index in [0.717, 1.165) is 5.39 Å². The predicted octanol–water partition coefficient (Wildman–Crippen LogP) is 3.90. The van der Waals surface area contributed by atoms with Gasteiger partial charge in [0.15, 0.2) is 4.77 Å². The lowest BCUT2D eigenvalue weighted by Gasteiger charge is -2.12. The van der Waals surface area contributed by atoms with Crippen molar-refractivity contribution in [2.75, 3.05) is 26.1 Å². The number of carbonyl (C=O) groups is 1. The van der Waals surface area contributed by atoms with Gasteiger partial charge in [-0.2, -0.15) is 0 Å². The molecule has 9 heteroatoms. The van der Waals surface area contributed by atoms with E-state index in [1.54, 1.807) is 56.8 Å². The van der Waals surface area contributed by atoms with Crippen LogP contribution in [0.25, 0.3) is 21.8 Å². The number of benzene rings is 2. The van der Waals surface area contributed by atoms with Gasteiger partial charge in [0.1, 0.15) is 11.3 Å². The Hall–Kier alpha value is -3.56. The number of hydrogen-bond acceptors (Lipinski definition) is 6. The number of nitrogens with zero attached hydrogens (tertiary/aromatic N) is 2. The Morgan fingerprint density at radius 1 is 1.19 bits per heavy atom. The van der Waals surface area contributed by atoms with Crippen molar-refractivity contribution in [1.82, 2.24) is 14.5 Å². The summed E-state index contributed by atoms with van der Waals surface area (Å²) in [5.74, 6) is 0.310. The summed E-state index contributed by atoms with van der Waals surface area (Å²) >= 11 is 5.35. The summed E-state index contributed by atoms with van der Waals surface area (Å²) in [6.45, 7) is 0.993. The molecule has 2 aromatic carbocycles. The fourth-order valence-corrected chi connectivity index (χ4v) is 3.86. The monoisotopic (exact) mass is 450 g/mol. The topological polar surface area (TPSA) is 98.2 Å². The molecule has 2 N–H and O–H groups in total. The third kappa shape index (κ3) is 4.12. The Morgan fingerprint density at radius 3 is 2.81 bits per heavy atom. The number of aromatic nitrogens is 3. The maximum absolute atomic E-state index is 13.0. The minimum atomic E-state index is -0.314. The fraction of sp³-hybridized carbons (Fsp3) is 0.217. The van der Waals surface area contributed by atoms with Crippen molar-refractivity contribution >= 4 is 45.6 Å². The zero-order chi connectivity index (χ0) is 22.7. The molecule has 0 spiro atoms. The van der Waals surface area contributed by atoms with Gasteiger partial charge in [0, 0.05) is 37.4 Å². The first kappa shape index (κ1) is 21.7. The van der Waals surface area contributed by atoms with Gasteiger partial charge in [-0.1, -0.05) is 0 Å². The molecule has 0 aliphatic rings. The average Bonchev–Trinajstić information content (AvgIpc) is 2.81. The van der Waals surface area contributed by atoms with Crippen molar-refractivity contribution in [2.45, 2.75) is 13.0 Å². The summed E-state index contributed by atoms with van der Waals surface area (Å²) < 4.78 is 12.2. The normalized spacial score (nSPS) is 11.1. The predicted molar refractivity (Wildman–Crippen MR) is 126 cm³/mol. The Labute approximate surface area is 188 Å². The number of aromatic amines is 1. The highest BCUT2D eigenvalue weighted by Crippen LogP contribution is 2.30. The van der Waals surface area contributed by atoms with Crippen molar-refractivity contribution < 1.29 is 14.3 Å². The van der Waals surface area contributed by atoms with E-state index in [4.69, 9.17) is 21.7 Å². The first-order chi connectivity index (χ1) is 15.5. The molecule has 1 amide bonds. The minimum absolute atomic E-state index is 0.195. The molecule has 0 unspecified atom stereocenters. The second-order valence-corrected chi connectivity index (χ2v) is 7.55. The standard InChI is InChI=1S/C23H22N4O4S/c1-30-12-4-11-27-22(29)16-7-6-14(13-18(16)26-23(27)32)21(28)25-17-8-9-19(31-2)20-15(17)5-3-10-24-20/h3,5-10,13H,4,11-12H2,1-2H3,(H,25,28)(H,26,32). The lowest BCUT2D eigenvalue weighted by Crippen LogP contribution is -2.23. The first-order valence-corrected chi connectivity index (χ1v) is 10.4. The Morgan fingerprint density at radius 2 is 2.03 bits per heavy atom. The van der Waals surface area contributed by atoms with Crippen LogP contribution in [0.4, 0.5) is 5.69 Å². The molecule has 32 heavy (non-hydrogen) atoms. The van der Waals surface area contributed by atoms with E-state index in [2.05, 4.69) is 15.3 Å². The number of amides is 1. The summed E-state index contributed by atoms with van der Waals surface area (Å²) in [7, 11) is 3.19. The van der Waals surface area contributed by atoms with Gasteiger partial charge in [-0.3, -0.25) is 19.1 Å². The van der Waals surface area contributed by atoms with Gasteiger partial charge < -0.3 is 19.8 Å². The third-order valence-corrected chi connectivity index (χ3v) is 5.50. The molecule has 2 aromatic heterocycles. The van der Waals surface area contributed by atoms with Crippen LogP contribution >= 0.6 is 12.2 Å². The van der Waals surface area contributed by atoms with E-state index in [1.165, 1.54) is 4.57 Å². The molecule has 0 aliphatic heterocycles. The summed E-state index contributed by atoms with van der Waals surface area (Å²) in [6.07, 6.45) is 2.34. The van der Waals surface area contributed by atoms with E-state index in [0.29, 0.717) is 57.8 Å². The molecular formula is C23H22N4O4S. The SMILES string of the molecule is COCCCn1c(=S)[nH]c2cc(C(=O)Nc3ccc(OC)c4ncccc34)ccc2c1=O. The number of fused-ring (bicyclic) bond motifs is 2. The molecular weight excluding hydrogens is 428 g/mol. The molecule has 164 valence electrons. The number of ether oxygens (including phenoxy) is 2. The number of anilines is 1. The van der Waals surface area contributed by atoms with Crippen LogP contribution in [0, 0.1) is 4.77 Å². The van der Waals surface area contributed by atoms with Gasteiger partial charge in [-0.15, -0.1) is 0 Å². The molecule has 4 rings (SSSR count). The fourth-order valence-electron chi connectivity index (χ4n) is 3.58. The number of pyridine rings is 1. The number of nitrogens with one attached hydrogen (secondary N) is 2. The van der Waals surface area contributed by atoms with Gasteiger partial charge >= 0.3 is 0 Å². The van der Waals surface area contributed by atoms with Gasteiger partial charge in [0.2, 0.25) is 0 Å². The molecule has 0 radical (unpaired) electrons. The maximum Gasteiger partial charge on any atom is 0.262 e. The summed E-state index contributed by atoms with van der Waals surface area (Å²) in [5, 5.41) is 4.15. The first-order valence-electron chi connectivity index (χ1n) is 10.0. The van der Waals surface area contributed by atoms with Crippen LogP contribution in [-0.4, -0.2) is 41.3 Å². The van der Waals surface area contributed by atoms with E-state index < -0.39 is 0 Å². The smallest absolute Gasteiger partial charge is 0.262 e. The van der Waals surface area contributed by atoms with E-state index in [1.807, 2.05) is 6.07 Å². The Kier molecular flexibility index (Phi) is 6.29. The molecule has 0 bridgehead atoms. The van der Waals surface area contributed by atoms with Crippen LogP contribution in [0.3, 0.4) is 0 Å². The van der Waals surface area contributed by atoms with Crippen LogP contribution in [-0.2, 0) is 11.3 Å². The minimum Gasteiger partial charge on any atom is -0.494 e. The number of H-pyrrole nitrogens is 1. The average molecular weight is 451 g/mol. The van der Waals surface area contributed by atoms with Crippen molar-refractivity contribution in [2.24, 2.45) is 0 Å². The molecule has 8 nitrogen and oxygen atoms in total. The number of rotatable bonds is 7. The van der Waals surface area contributed by atoms with Crippen molar-refractivity contribution in [3.05, 3.63) is 69.3 Å². The molecule has 4 aromatic rings. The largest absolute Gasteiger partial charge is 0.494 e. The summed E-state index contributed by atoms with van der Waals surface area (Å²) in [5.41, 5.74) is 1.98. The van der Waals surface area contributed by atoms with Crippen LogP contribution < -0.4 is 15.6 Å². The quantitative estimate of drug-likeness (QED) is 0.327. The maximum atomic E-state index is 13.0. The van der Waals surface area contributed by atoms with Crippen molar-refractivity contribution in [3.63, 3.8) is 0 Å². The van der Waals surface area contributed by atoms with Crippen LogP contribution in [0.2, 0.25) is 0 Å². The summed E-state index contributed by atoms with van der Waals surface area (Å²) in [6, 6.07) is 12.1. The van der Waals surface area contributed by atoms with E-state index in [9.17, 15) is 9.59 Å². The zero-order valence-corrected chi connectivity index (χ0v) is 18.5. The lowest BCUT2D eigenvalue weighted by atomic mass is 10.1. The lowest BCUT2D eigenvalue weighted by molar-refractivity contribution is 0.102. The molecule has 0 fully saturated rings. The highest BCUT2D eigenvalue weighted by atomic mass is 32.1. The zero-order valence-electron chi connectivity index (χ0n) is 17.7. The van der Waals surface area contributed by atoms with Gasteiger partial charge in [0.05, 0.1) is 23.7 Å². The Bertz CT molecular complexity index is 1430.